The van der Waals surface area contributed by atoms with Gasteiger partial charge in [0.2, 0.25) is 5.91 Å². The number of fused-ring (bicyclic) bond motifs is 1. The van der Waals surface area contributed by atoms with Crippen LogP contribution in [0.3, 0.4) is 0 Å². The van der Waals surface area contributed by atoms with E-state index in [1.165, 1.54) is 11.1 Å². The maximum absolute atomic E-state index is 13.4. The Morgan fingerprint density at radius 1 is 1.34 bits per heavy atom. The van der Waals surface area contributed by atoms with Crippen molar-refractivity contribution in [3.8, 4) is 6.07 Å². The molecule has 200 valence electrons. The number of ether oxygens (including phenoxy) is 1. The van der Waals surface area contributed by atoms with Crippen molar-refractivity contribution in [2.45, 2.75) is 32.4 Å². The van der Waals surface area contributed by atoms with E-state index < -0.39 is 6.03 Å². The van der Waals surface area contributed by atoms with Crippen molar-refractivity contribution in [1.82, 2.24) is 19.8 Å². The van der Waals surface area contributed by atoms with Crippen LogP contribution in [-0.2, 0) is 22.5 Å². The lowest BCUT2D eigenvalue weighted by Crippen LogP contribution is -2.48. The molecule has 0 bridgehead atoms. The Hall–Kier alpha value is -4.08. The predicted molar refractivity (Wildman–Crippen MR) is 141 cm³/mol. The average Bonchev–Trinajstić information content (AvgIpc) is 2.90. The maximum atomic E-state index is 13.4. The third-order valence-corrected chi connectivity index (χ3v) is 6.77. The van der Waals surface area contributed by atoms with Crippen LogP contribution >= 0.6 is 0 Å². The standard InChI is InChI=1S/C26H32N8O4/c1-17-4-5-18-10-19(14-33-8-7-32(2)15-24(33)36)22(16-35)30-25(18)34(17)26(37)31-23-11-21(28-6-9-38-3)20(12-27)13-29-23/h10-11,13,16-17H,4-9,14-15H2,1-3H3,(H2,28,29,31,37)/t17-/m1/s1. The molecule has 2 aromatic heterocycles. The number of methoxy groups -OCH3 is 1. The van der Waals surface area contributed by atoms with Crippen LogP contribution < -0.4 is 15.5 Å². The number of aldehydes is 1. The Bertz CT molecular complexity index is 1260. The molecule has 0 aromatic carbocycles. The van der Waals surface area contributed by atoms with E-state index >= 15 is 0 Å². The Labute approximate surface area is 221 Å². The van der Waals surface area contributed by atoms with Gasteiger partial charge in [0.15, 0.2) is 6.29 Å². The zero-order valence-corrected chi connectivity index (χ0v) is 21.9. The predicted octanol–water partition coefficient (Wildman–Crippen LogP) is 1.87. The van der Waals surface area contributed by atoms with Crippen LogP contribution in [0, 0.1) is 11.3 Å². The van der Waals surface area contributed by atoms with E-state index in [0.717, 1.165) is 12.1 Å². The molecule has 38 heavy (non-hydrogen) atoms. The first-order valence-electron chi connectivity index (χ1n) is 12.5. The smallest absolute Gasteiger partial charge is 0.328 e. The molecule has 0 unspecified atom stereocenters. The van der Waals surface area contributed by atoms with Crippen LogP contribution in [0.25, 0.3) is 0 Å². The number of piperazine rings is 1. The first kappa shape index (κ1) is 27.0. The topological polar surface area (TPSA) is 144 Å². The number of urea groups is 1. The lowest BCUT2D eigenvalue weighted by molar-refractivity contribution is -0.136. The number of amides is 3. The summed E-state index contributed by atoms with van der Waals surface area (Å²) < 4.78 is 5.05. The van der Waals surface area contributed by atoms with Gasteiger partial charge in [-0.1, -0.05) is 0 Å². The second-order valence-corrected chi connectivity index (χ2v) is 9.52. The minimum absolute atomic E-state index is 0.00828. The summed E-state index contributed by atoms with van der Waals surface area (Å²) in [6.45, 7) is 4.84. The molecule has 1 fully saturated rings. The molecule has 2 aliphatic rings. The number of carbonyl (C=O) groups excluding carboxylic acids is 3. The molecule has 4 heterocycles. The number of aromatic nitrogens is 2. The number of hydrogen-bond acceptors (Lipinski definition) is 9. The number of nitrogens with zero attached hydrogens (tertiary/aromatic N) is 6. The molecular weight excluding hydrogens is 488 g/mol. The lowest BCUT2D eigenvalue weighted by atomic mass is 9.97. The van der Waals surface area contributed by atoms with Gasteiger partial charge in [-0.2, -0.15) is 5.26 Å². The third-order valence-electron chi connectivity index (χ3n) is 6.77. The van der Waals surface area contributed by atoms with E-state index in [1.807, 2.05) is 24.9 Å². The van der Waals surface area contributed by atoms with Gasteiger partial charge in [-0.15, -0.1) is 0 Å². The third kappa shape index (κ3) is 5.90. The molecule has 1 atom stereocenters. The molecular formula is C26H32N8O4. The quantitative estimate of drug-likeness (QED) is 0.394. The van der Waals surface area contributed by atoms with Gasteiger partial charge in [-0.3, -0.25) is 24.7 Å². The number of likely N-dealkylation sites (N-methyl/N-ethyl adjacent to an activating group) is 1. The van der Waals surface area contributed by atoms with Gasteiger partial charge in [0.05, 0.1) is 24.4 Å². The van der Waals surface area contributed by atoms with Crippen LogP contribution in [0.5, 0.6) is 0 Å². The summed E-state index contributed by atoms with van der Waals surface area (Å²) in [6.07, 6.45) is 3.47. The summed E-state index contributed by atoms with van der Waals surface area (Å²) in [6, 6.07) is 4.96. The van der Waals surface area contributed by atoms with Crippen LogP contribution in [0.2, 0.25) is 0 Å². The van der Waals surface area contributed by atoms with E-state index in [0.29, 0.717) is 74.5 Å². The fourth-order valence-electron chi connectivity index (χ4n) is 4.64. The molecule has 1 saturated heterocycles. The van der Waals surface area contributed by atoms with Crippen molar-refractivity contribution in [2.24, 2.45) is 0 Å². The molecule has 2 N–H and O–H groups in total. The Kier molecular flexibility index (Phi) is 8.50. The fraction of sp³-hybridized carbons (Fsp3) is 0.462. The summed E-state index contributed by atoms with van der Waals surface area (Å²) >= 11 is 0. The summed E-state index contributed by atoms with van der Waals surface area (Å²) in [5, 5.41) is 15.3. The minimum atomic E-state index is -0.440. The molecule has 4 rings (SSSR count). The number of carbonyl (C=O) groups is 3. The highest BCUT2D eigenvalue weighted by Crippen LogP contribution is 2.32. The van der Waals surface area contributed by atoms with Gasteiger partial charge in [-0.05, 0) is 38.4 Å². The van der Waals surface area contributed by atoms with Gasteiger partial charge < -0.3 is 15.0 Å². The molecule has 2 aromatic rings. The second-order valence-electron chi connectivity index (χ2n) is 9.52. The monoisotopic (exact) mass is 520 g/mol. The average molecular weight is 521 g/mol. The Morgan fingerprint density at radius 3 is 2.87 bits per heavy atom. The van der Waals surface area contributed by atoms with Crippen LogP contribution in [0.4, 0.5) is 22.1 Å². The number of aryl methyl sites for hydroxylation is 1. The fourth-order valence-corrected chi connectivity index (χ4v) is 4.64. The molecule has 0 radical (unpaired) electrons. The van der Waals surface area contributed by atoms with Gasteiger partial charge in [0.1, 0.15) is 23.4 Å². The normalized spacial score (nSPS) is 17.5. The molecule has 12 heteroatoms. The zero-order chi connectivity index (χ0) is 27.2. The molecule has 2 aliphatic heterocycles. The second kappa shape index (κ2) is 12.0. The first-order chi connectivity index (χ1) is 18.3. The molecule has 0 saturated carbocycles. The van der Waals surface area contributed by atoms with Gasteiger partial charge in [0, 0.05) is 57.2 Å². The number of pyridine rings is 2. The maximum Gasteiger partial charge on any atom is 0.328 e. The van der Waals surface area contributed by atoms with E-state index in [4.69, 9.17) is 4.74 Å². The van der Waals surface area contributed by atoms with Crippen molar-refractivity contribution in [3.05, 3.63) is 40.7 Å². The summed E-state index contributed by atoms with van der Waals surface area (Å²) in [5.74, 6) is 0.701. The molecule has 3 amide bonds. The van der Waals surface area contributed by atoms with E-state index in [2.05, 4.69) is 26.7 Å². The lowest BCUT2D eigenvalue weighted by Gasteiger charge is -2.35. The van der Waals surface area contributed by atoms with Crippen molar-refractivity contribution < 1.29 is 19.1 Å². The largest absolute Gasteiger partial charge is 0.383 e. The van der Waals surface area contributed by atoms with Crippen LogP contribution in [-0.4, -0.2) is 91.0 Å². The summed E-state index contributed by atoms with van der Waals surface area (Å²) in [4.78, 5) is 51.9. The zero-order valence-electron chi connectivity index (χ0n) is 21.9. The minimum Gasteiger partial charge on any atom is -0.383 e. The van der Waals surface area contributed by atoms with Crippen LogP contribution in [0.15, 0.2) is 18.3 Å². The SMILES string of the molecule is COCCNc1cc(NC(=O)N2c3nc(C=O)c(CN4CCN(C)CC4=O)cc3CC[C@H]2C)ncc1C#N. The first-order valence-corrected chi connectivity index (χ1v) is 12.5. The van der Waals surface area contributed by atoms with Gasteiger partial charge in [0.25, 0.3) is 0 Å². The highest BCUT2D eigenvalue weighted by molar-refractivity contribution is 6.02. The number of anilines is 3. The van der Waals surface area contributed by atoms with E-state index in [9.17, 15) is 19.6 Å². The highest BCUT2D eigenvalue weighted by Gasteiger charge is 2.32. The van der Waals surface area contributed by atoms with E-state index in [-0.39, 0.29) is 23.5 Å². The van der Waals surface area contributed by atoms with E-state index in [1.54, 1.807) is 18.1 Å². The number of rotatable bonds is 8. The Balaban J connectivity index is 1.57. The van der Waals surface area contributed by atoms with Crippen molar-refractivity contribution in [1.29, 1.82) is 5.26 Å². The van der Waals surface area contributed by atoms with Crippen LogP contribution in [0.1, 0.15) is 40.5 Å². The molecule has 0 aliphatic carbocycles. The Morgan fingerprint density at radius 2 is 2.16 bits per heavy atom. The number of hydrogen-bond donors (Lipinski definition) is 2. The van der Waals surface area contributed by atoms with Crippen molar-refractivity contribution in [2.75, 3.05) is 62.5 Å². The van der Waals surface area contributed by atoms with Gasteiger partial charge in [-0.25, -0.2) is 14.8 Å². The van der Waals surface area contributed by atoms with Crippen molar-refractivity contribution >= 4 is 35.5 Å². The molecule has 12 nitrogen and oxygen atoms in total. The summed E-state index contributed by atoms with van der Waals surface area (Å²) in [7, 11) is 3.49. The number of nitriles is 1. The van der Waals surface area contributed by atoms with Gasteiger partial charge >= 0.3 is 6.03 Å². The van der Waals surface area contributed by atoms with Crippen molar-refractivity contribution in [3.63, 3.8) is 0 Å². The molecule has 0 spiro atoms. The number of nitrogens with one attached hydrogen (secondary N) is 2. The highest BCUT2D eigenvalue weighted by atomic mass is 16.5. The summed E-state index contributed by atoms with van der Waals surface area (Å²) in [5.41, 5.74) is 2.61.